The molecule has 0 aromatic rings. The minimum atomic E-state index is -2.99. The van der Waals surface area contributed by atoms with Gasteiger partial charge in [0.1, 0.15) is 0 Å². The normalized spacial score (nSPS) is 14.1. The molecule has 0 aromatic carbocycles. The highest BCUT2D eigenvalue weighted by molar-refractivity contribution is 6.89. The van der Waals surface area contributed by atoms with Gasteiger partial charge in [-0.2, -0.15) is 0 Å². The number of hydrogen-bond donors (Lipinski definition) is 0. The summed E-state index contributed by atoms with van der Waals surface area (Å²) in [5, 5.41) is 0. The van der Waals surface area contributed by atoms with Crippen LogP contribution in [0.15, 0.2) is 12.7 Å². The fourth-order valence-electron chi connectivity index (χ4n) is 2.82. The van der Waals surface area contributed by atoms with Gasteiger partial charge >= 0.3 is 23.3 Å². The van der Waals surface area contributed by atoms with Gasteiger partial charge in [0.05, 0.1) is 0 Å². The molecular formula is C16H38O5Si4. The average molecular weight is 423 g/mol. The SMILES string of the molecule is C=CC(=O)O[Si](O[Si](C)(O[Si](C)(C)C)O[Si](C)(C)C)(C(C)C)C(C)C. The van der Waals surface area contributed by atoms with Crippen molar-refractivity contribution >= 4 is 40.0 Å². The minimum absolute atomic E-state index is 0.0682. The molecule has 0 bridgehead atoms. The van der Waals surface area contributed by atoms with E-state index in [4.69, 9.17) is 16.8 Å². The summed E-state index contributed by atoms with van der Waals surface area (Å²) in [6.07, 6.45) is 1.20. The first-order chi connectivity index (χ1) is 11.0. The van der Waals surface area contributed by atoms with Gasteiger partial charge in [-0.1, -0.05) is 34.3 Å². The van der Waals surface area contributed by atoms with Crippen molar-refractivity contribution in [1.29, 1.82) is 0 Å². The summed E-state index contributed by atoms with van der Waals surface area (Å²) in [5.74, 6) is -0.438. The van der Waals surface area contributed by atoms with Crippen LogP contribution in [0.2, 0.25) is 56.9 Å². The lowest BCUT2D eigenvalue weighted by Gasteiger charge is -2.45. The second-order valence-electron chi connectivity index (χ2n) is 9.05. The minimum Gasteiger partial charge on any atom is -0.491 e. The monoisotopic (exact) mass is 422 g/mol. The Morgan fingerprint density at radius 2 is 1.16 bits per heavy atom. The molecule has 0 N–H and O–H groups in total. The molecule has 0 atom stereocenters. The van der Waals surface area contributed by atoms with Gasteiger partial charge in [0.2, 0.25) is 0 Å². The van der Waals surface area contributed by atoms with Crippen molar-refractivity contribution < 1.29 is 21.6 Å². The van der Waals surface area contributed by atoms with E-state index < -0.39 is 40.0 Å². The Morgan fingerprint density at radius 1 is 0.800 bits per heavy atom. The third-order valence-electron chi connectivity index (χ3n) is 3.36. The van der Waals surface area contributed by atoms with E-state index >= 15 is 0 Å². The number of carbonyl (C=O) groups is 1. The lowest BCUT2D eigenvalue weighted by Crippen LogP contribution is -2.63. The lowest BCUT2D eigenvalue weighted by molar-refractivity contribution is -0.131. The standard InChI is InChI=1S/C16H38O5Si4/c1-13-16(17)18-25(14(2)3,15(4)5)21-24(12,19-22(6,7)8)20-23(9,10)11/h13-15H,1H2,2-12H3. The fourth-order valence-corrected chi connectivity index (χ4v) is 19.9. The Kier molecular flexibility index (Phi) is 8.75. The quantitative estimate of drug-likeness (QED) is 0.355. The van der Waals surface area contributed by atoms with Gasteiger partial charge in [-0.05, 0) is 39.3 Å². The zero-order valence-corrected chi connectivity index (χ0v) is 22.0. The summed E-state index contributed by atoms with van der Waals surface area (Å²) in [6.45, 7) is 26.4. The van der Waals surface area contributed by atoms with E-state index in [1.807, 2.05) is 34.2 Å². The second kappa shape index (κ2) is 8.76. The van der Waals surface area contributed by atoms with Crippen LogP contribution in [0.1, 0.15) is 27.7 Å². The lowest BCUT2D eigenvalue weighted by atomic mass is 10.5. The van der Waals surface area contributed by atoms with Gasteiger partial charge in [-0.25, -0.2) is 4.79 Å². The van der Waals surface area contributed by atoms with E-state index in [9.17, 15) is 4.79 Å². The Morgan fingerprint density at radius 3 is 1.40 bits per heavy atom. The molecule has 0 aliphatic carbocycles. The zero-order valence-electron chi connectivity index (χ0n) is 18.0. The molecule has 148 valence electrons. The third kappa shape index (κ3) is 8.46. The molecule has 0 fully saturated rings. The van der Waals surface area contributed by atoms with Crippen LogP contribution in [0, 0.1) is 0 Å². The van der Waals surface area contributed by atoms with Crippen LogP contribution >= 0.6 is 0 Å². The Balaban J connectivity index is 6.03. The van der Waals surface area contributed by atoms with Crippen LogP contribution < -0.4 is 0 Å². The molecule has 25 heavy (non-hydrogen) atoms. The highest BCUT2D eigenvalue weighted by Crippen LogP contribution is 2.39. The first-order valence-electron chi connectivity index (χ1n) is 8.92. The van der Waals surface area contributed by atoms with Gasteiger partial charge in [0.15, 0.2) is 16.6 Å². The van der Waals surface area contributed by atoms with Crippen molar-refractivity contribution in [2.45, 2.75) is 84.6 Å². The van der Waals surface area contributed by atoms with Gasteiger partial charge in [0, 0.05) is 23.7 Å². The fraction of sp³-hybridized carbons (Fsp3) is 0.812. The van der Waals surface area contributed by atoms with E-state index in [0.29, 0.717) is 0 Å². The van der Waals surface area contributed by atoms with E-state index in [-0.39, 0.29) is 11.1 Å². The molecule has 0 saturated heterocycles. The van der Waals surface area contributed by atoms with Crippen molar-refractivity contribution in [2.75, 3.05) is 0 Å². The molecule has 0 aliphatic heterocycles. The maximum atomic E-state index is 12.1. The summed E-state index contributed by atoms with van der Waals surface area (Å²) in [4.78, 5) is 12.1. The van der Waals surface area contributed by atoms with Crippen molar-refractivity contribution in [3.63, 3.8) is 0 Å². The van der Waals surface area contributed by atoms with Crippen molar-refractivity contribution in [3.05, 3.63) is 12.7 Å². The van der Waals surface area contributed by atoms with Crippen LogP contribution in [-0.2, 0) is 21.6 Å². The van der Waals surface area contributed by atoms with Crippen LogP contribution in [0.25, 0.3) is 0 Å². The molecule has 9 heteroatoms. The van der Waals surface area contributed by atoms with Crippen LogP contribution in [0.3, 0.4) is 0 Å². The Bertz CT molecular complexity index is 442. The van der Waals surface area contributed by atoms with Gasteiger partial charge in [-0.3, -0.25) is 0 Å². The molecule has 0 heterocycles. The van der Waals surface area contributed by atoms with E-state index in [1.165, 1.54) is 6.08 Å². The van der Waals surface area contributed by atoms with Crippen LogP contribution in [0.4, 0.5) is 0 Å². The molecule has 0 radical (unpaired) electrons. The predicted molar refractivity (Wildman–Crippen MR) is 114 cm³/mol. The Labute approximate surface area is 159 Å². The summed E-state index contributed by atoms with van der Waals surface area (Å²) in [5.41, 5.74) is 0.136. The van der Waals surface area contributed by atoms with Crippen molar-refractivity contribution in [3.8, 4) is 0 Å². The molecule has 0 rings (SSSR count). The first-order valence-corrected chi connectivity index (χ1v) is 19.9. The average Bonchev–Trinajstić information content (AvgIpc) is 2.31. The molecule has 0 saturated carbocycles. The molecule has 0 unspecified atom stereocenters. The topological polar surface area (TPSA) is 54.0 Å². The van der Waals surface area contributed by atoms with Crippen LogP contribution in [0.5, 0.6) is 0 Å². The van der Waals surface area contributed by atoms with E-state index in [0.717, 1.165) is 0 Å². The molecule has 0 aromatic heterocycles. The van der Waals surface area contributed by atoms with E-state index in [2.05, 4.69) is 45.9 Å². The largest absolute Gasteiger partial charge is 0.491 e. The molecular weight excluding hydrogens is 385 g/mol. The van der Waals surface area contributed by atoms with Crippen molar-refractivity contribution in [1.82, 2.24) is 0 Å². The number of carbonyl (C=O) groups excluding carboxylic acids is 1. The van der Waals surface area contributed by atoms with Gasteiger partial charge in [0.25, 0.3) is 0 Å². The summed E-state index contributed by atoms with van der Waals surface area (Å²) >= 11 is 0. The third-order valence-corrected chi connectivity index (χ3v) is 17.7. The second-order valence-corrected chi connectivity index (χ2v) is 25.6. The predicted octanol–water partition coefficient (Wildman–Crippen LogP) is 5.27. The van der Waals surface area contributed by atoms with Crippen LogP contribution in [-0.4, -0.2) is 40.0 Å². The van der Waals surface area contributed by atoms with Crippen molar-refractivity contribution in [2.24, 2.45) is 0 Å². The van der Waals surface area contributed by atoms with Gasteiger partial charge in [-0.15, -0.1) is 0 Å². The number of hydrogen-bond acceptors (Lipinski definition) is 5. The smallest absolute Gasteiger partial charge is 0.468 e. The maximum absolute atomic E-state index is 12.1. The first kappa shape index (κ1) is 25.0. The molecule has 0 aliphatic rings. The Hall–Kier alpha value is -0.0425. The summed E-state index contributed by atoms with van der Waals surface area (Å²) in [7, 11) is -9.75. The van der Waals surface area contributed by atoms with E-state index in [1.54, 1.807) is 0 Å². The van der Waals surface area contributed by atoms with Gasteiger partial charge < -0.3 is 16.8 Å². The maximum Gasteiger partial charge on any atom is 0.468 e. The summed E-state index contributed by atoms with van der Waals surface area (Å²) < 4.78 is 25.5. The molecule has 0 spiro atoms. The highest BCUT2D eigenvalue weighted by Gasteiger charge is 2.56. The number of rotatable bonds is 10. The zero-order chi connectivity index (χ0) is 20.3. The highest BCUT2D eigenvalue weighted by atomic mass is 28.5. The molecule has 0 amide bonds. The summed E-state index contributed by atoms with van der Waals surface area (Å²) in [6, 6.07) is 0. The molecule has 5 nitrogen and oxygen atoms in total.